The number of carbonyl (C=O) groups excluding carboxylic acids is 1. The summed E-state index contributed by atoms with van der Waals surface area (Å²) in [5.74, 6) is -0.404. The Morgan fingerprint density at radius 3 is 1.95 bits per heavy atom. The third-order valence-corrected chi connectivity index (χ3v) is 3.38. The number of carboxylic acids is 1. The van der Waals surface area contributed by atoms with E-state index in [0.717, 1.165) is 0 Å². The summed E-state index contributed by atoms with van der Waals surface area (Å²) >= 11 is 0. The highest BCUT2D eigenvalue weighted by Gasteiger charge is 2.24. The molecule has 0 aromatic carbocycles. The Balaban J connectivity index is 4.44. The summed E-state index contributed by atoms with van der Waals surface area (Å²) < 4.78 is 5.21. The Kier molecular flexibility index (Phi) is 8.45. The van der Waals surface area contributed by atoms with Crippen molar-refractivity contribution < 1.29 is 19.4 Å². The van der Waals surface area contributed by atoms with Gasteiger partial charge in [0.15, 0.2) is 0 Å². The van der Waals surface area contributed by atoms with E-state index in [-0.39, 0.29) is 11.8 Å². The first-order valence-electron chi connectivity index (χ1n) is 7.87. The zero-order chi connectivity index (χ0) is 17.5. The Bertz CT molecular complexity index is 362. The molecule has 0 aliphatic carbocycles. The van der Waals surface area contributed by atoms with E-state index in [1.54, 1.807) is 0 Å². The maximum atomic E-state index is 11.7. The van der Waals surface area contributed by atoms with Crippen LogP contribution >= 0.6 is 0 Å². The molecule has 0 bridgehead atoms. The first-order chi connectivity index (χ1) is 9.94. The maximum Gasteiger partial charge on any atom is 0.407 e. The molecule has 0 radical (unpaired) electrons. The lowest BCUT2D eigenvalue weighted by Gasteiger charge is -2.26. The zero-order valence-electron chi connectivity index (χ0n) is 14.9. The maximum absolute atomic E-state index is 11.7. The molecule has 0 saturated heterocycles. The largest absolute Gasteiger partial charge is 0.480 e. The van der Waals surface area contributed by atoms with Gasteiger partial charge in [0, 0.05) is 13.1 Å². The molecule has 0 spiro atoms. The molecule has 0 aliphatic rings. The molecule has 6 heteroatoms. The molecule has 0 aliphatic heterocycles. The number of alkyl carbamates (subject to hydrolysis) is 1. The van der Waals surface area contributed by atoms with E-state index in [1.807, 2.05) is 48.5 Å². The second-order valence-electron chi connectivity index (χ2n) is 7.36. The molecule has 0 aromatic heterocycles. The number of amides is 1. The minimum absolute atomic E-state index is 0.00382. The van der Waals surface area contributed by atoms with Crippen LogP contribution < -0.4 is 10.6 Å². The average Bonchev–Trinajstić information content (AvgIpc) is 2.29. The molecular formula is C16H32N2O4. The number of hydrogen-bond donors (Lipinski definition) is 3. The molecule has 0 rings (SSSR count). The van der Waals surface area contributed by atoms with E-state index < -0.39 is 23.7 Å². The minimum Gasteiger partial charge on any atom is -0.480 e. The van der Waals surface area contributed by atoms with Gasteiger partial charge in [0.25, 0.3) is 0 Å². The highest BCUT2D eigenvalue weighted by molar-refractivity contribution is 5.73. The number of rotatable bonds is 8. The number of hydrogen-bond acceptors (Lipinski definition) is 4. The minimum atomic E-state index is -0.849. The molecule has 2 unspecified atom stereocenters. The number of ether oxygens (including phenoxy) is 1. The molecule has 1 amide bonds. The summed E-state index contributed by atoms with van der Waals surface area (Å²) in [5, 5.41) is 15.0. The summed E-state index contributed by atoms with van der Waals surface area (Å²) in [6, 6.07) is -0.581. The molecule has 0 aromatic rings. The van der Waals surface area contributed by atoms with Crippen LogP contribution in [0.2, 0.25) is 0 Å². The fraction of sp³-hybridized carbons (Fsp3) is 0.875. The van der Waals surface area contributed by atoms with Gasteiger partial charge in [-0.2, -0.15) is 0 Å². The van der Waals surface area contributed by atoms with Gasteiger partial charge in [-0.15, -0.1) is 0 Å². The Morgan fingerprint density at radius 2 is 1.59 bits per heavy atom. The monoisotopic (exact) mass is 316 g/mol. The van der Waals surface area contributed by atoms with Crippen LogP contribution in [-0.2, 0) is 9.53 Å². The van der Waals surface area contributed by atoms with Crippen molar-refractivity contribution in [1.29, 1.82) is 0 Å². The summed E-state index contributed by atoms with van der Waals surface area (Å²) in [7, 11) is 0. The average molecular weight is 316 g/mol. The summed E-state index contributed by atoms with van der Waals surface area (Å²) in [6.45, 7) is 14.3. The number of nitrogens with one attached hydrogen (secondary N) is 2. The summed E-state index contributed by atoms with van der Waals surface area (Å²) in [6.07, 6.45) is -0.447. The van der Waals surface area contributed by atoms with Crippen molar-refractivity contribution in [2.75, 3.05) is 13.1 Å². The second-order valence-corrected chi connectivity index (χ2v) is 7.36. The van der Waals surface area contributed by atoms with E-state index in [2.05, 4.69) is 10.6 Å². The van der Waals surface area contributed by atoms with Gasteiger partial charge in [-0.05, 0) is 38.5 Å². The molecule has 22 heavy (non-hydrogen) atoms. The van der Waals surface area contributed by atoms with Gasteiger partial charge in [0.05, 0.1) is 0 Å². The van der Waals surface area contributed by atoms with Crippen molar-refractivity contribution in [3.8, 4) is 0 Å². The topological polar surface area (TPSA) is 87.7 Å². The van der Waals surface area contributed by atoms with Crippen molar-refractivity contribution in [1.82, 2.24) is 10.6 Å². The zero-order valence-corrected chi connectivity index (χ0v) is 14.9. The summed E-state index contributed by atoms with van der Waals surface area (Å²) in [5.41, 5.74) is -0.526. The number of aliphatic carboxylic acids is 1. The van der Waals surface area contributed by atoms with Gasteiger partial charge in [0.1, 0.15) is 11.6 Å². The molecule has 0 heterocycles. The van der Waals surface area contributed by atoms with Crippen LogP contribution in [-0.4, -0.2) is 41.9 Å². The fourth-order valence-corrected chi connectivity index (χ4v) is 1.96. The lowest BCUT2D eigenvalue weighted by atomic mass is 9.94. The molecule has 3 N–H and O–H groups in total. The van der Waals surface area contributed by atoms with Crippen LogP contribution in [0, 0.1) is 17.8 Å². The summed E-state index contributed by atoms with van der Waals surface area (Å²) in [4.78, 5) is 22.9. The van der Waals surface area contributed by atoms with E-state index in [0.29, 0.717) is 19.0 Å². The van der Waals surface area contributed by atoms with Crippen LogP contribution in [0.1, 0.15) is 48.5 Å². The smallest absolute Gasteiger partial charge is 0.407 e. The first-order valence-corrected chi connectivity index (χ1v) is 7.87. The van der Waals surface area contributed by atoms with Crippen LogP contribution in [0.3, 0.4) is 0 Å². The van der Waals surface area contributed by atoms with Gasteiger partial charge in [0.2, 0.25) is 0 Å². The third kappa shape index (κ3) is 8.87. The Labute approximate surface area is 134 Å². The second kappa shape index (κ2) is 8.98. The number of carboxylic acid groups (broad SMARTS) is 1. The standard InChI is InChI=1S/C16H32N2O4/c1-10(2)12(8-17-13(11(3)4)14(19)20)9-18-15(21)22-16(5,6)7/h10-13,17H,8-9H2,1-7H3,(H,18,21)(H,19,20). The molecule has 0 saturated carbocycles. The highest BCUT2D eigenvalue weighted by atomic mass is 16.6. The van der Waals surface area contributed by atoms with E-state index in [4.69, 9.17) is 4.74 Å². The van der Waals surface area contributed by atoms with Crippen molar-refractivity contribution >= 4 is 12.1 Å². The van der Waals surface area contributed by atoms with Crippen molar-refractivity contribution in [2.24, 2.45) is 17.8 Å². The van der Waals surface area contributed by atoms with Gasteiger partial charge >= 0.3 is 12.1 Å². The van der Waals surface area contributed by atoms with Crippen molar-refractivity contribution in [3.05, 3.63) is 0 Å². The lowest BCUT2D eigenvalue weighted by molar-refractivity contribution is -0.140. The normalized spacial score (nSPS) is 14.8. The highest BCUT2D eigenvalue weighted by Crippen LogP contribution is 2.12. The lowest BCUT2D eigenvalue weighted by Crippen LogP contribution is -2.46. The first kappa shape index (κ1) is 20.7. The Morgan fingerprint density at radius 1 is 1.05 bits per heavy atom. The number of carbonyl (C=O) groups is 2. The van der Waals surface area contributed by atoms with Crippen LogP contribution in [0.15, 0.2) is 0 Å². The molecule has 0 fully saturated rings. The Hall–Kier alpha value is -1.30. The molecule has 130 valence electrons. The fourth-order valence-electron chi connectivity index (χ4n) is 1.96. The van der Waals surface area contributed by atoms with E-state index in [1.165, 1.54) is 0 Å². The van der Waals surface area contributed by atoms with E-state index >= 15 is 0 Å². The van der Waals surface area contributed by atoms with Crippen LogP contribution in [0.25, 0.3) is 0 Å². The molecule has 2 atom stereocenters. The van der Waals surface area contributed by atoms with Gasteiger partial charge in [-0.3, -0.25) is 4.79 Å². The van der Waals surface area contributed by atoms with Crippen molar-refractivity contribution in [3.63, 3.8) is 0 Å². The van der Waals surface area contributed by atoms with Gasteiger partial charge < -0.3 is 20.5 Å². The van der Waals surface area contributed by atoms with Crippen LogP contribution in [0.5, 0.6) is 0 Å². The van der Waals surface area contributed by atoms with Crippen LogP contribution in [0.4, 0.5) is 4.79 Å². The third-order valence-electron chi connectivity index (χ3n) is 3.38. The van der Waals surface area contributed by atoms with Gasteiger partial charge in [-0.25, -0.2) is 4.79 Å². The van der Waals surface area contributed by atoms with Crippen molar-refractivity contribution in [2.45, 2.75) is 60.1 Å². The molecular weight excluding hydrogens is 284 g/mol. The van der Waals surface area contributed by atoms with Gasteiger partial charge in [-0.1, -0.05) is 27.7 Å². The van der Waals surface area contributed by atoms with E-state index in [9.17, 15) is 14.7 Å². The quantitative estimate of drug-likeness (QED) is 0.640. The SMILES string of the molecule is CC(C)C(CNC(=O)OC(C)(C)C)CNC(C(=O)O)C(C)C. The predicted octanol–water partition coefficient (Wildman–Crippen LogP) is 2.48. The molecule has 6 nitrogen and oxygen atoms in total. The predicted molar refractivity (Wildman–Crippen MR) is 86.8 cm³/mol.